The third kappa shape index (κ3) is 5.26. The second-order valence-corrected chi connectivity index (χ2v) is 7.07. The number of rotatable bonds is 8. The molecule has 1 aromatic carbocycles. The van der Waals surface area contributed by atoms with E-state index < -0.39 is 17.8 Å². The summed E-state index contributed by atoms with van der Waals surface area (Å²) >= 11 is 1.15. The molecule has 0 saturated carbocycles. The van der Waals surface area contributed by atoms with Crippen molar-refractivity contribution >= 4 is 22.9 Å². The summed E-state index contributed by atoms with van der Waals surface area (Å²) < 4.78 is 43.9. The Labute approximate surface area is 165 Å². The predicted octanol–water partition coefficient (Wildman–Crippen LogP) is 3.27. The number of methoxy groups -OCH3 is 1. The second-order valence-electron chi connectivity index (χ2n) is 6.05. The third-order valence-corrected chi connectivity index (χ3v) is 5.19. The molecular weight excluding hydrogens is 391 g/mol. The average molecular weight is 413 g/mol. The number of halogens is 3. The normalized spacial score (nSPS) is 12.4. The maximum Gasteiger partial charge on any atom is 0.416 e. The molecule has 152 valence electrons. The first-order valence-electron chi connectivity index (χ1n) is 8.41. The van der Waals surface area contributed by atoms with Crippen molar-refractivity contribution in [3.63, 3.8) is 0 Å². The first-order valence-corrected chi connectivity index (χ1v) is 9.23. The van der Waals surface area contributed by atoms with Crippen molar-refractivity contribution < 1.29 is 22.7 Å². The summed E-state index contributed by atoms with van der Waals surface area (Å²) in [5.74, 6) is -0.374. The first kappa shape index (κ1) is 21.8. The minimum Gasteiger partial charge on any atom is -0.487 e. The Morgan fingerprint density at radius 3 is 2.64 bits per heavy atom. The third-order valence-electron chi connectivity index (χ3n) is 4.09. The van der Waals surface area contributed by atoms with Crippen molar-refractivity contribution in [2.45, 2.75) is 18.6 Å². The molecule has 2 aromatic rings. The van der Waals surface area contributed by atoms with Crippen LogP contribution in [0, 0.1) is 0 Å². The van der Waals surface area contributed by atoms with Crippen LogP contribution in [0.25, 0.3) is 5.70 Å². The lowest BCUT2D eigenvalue weighted by molar-refractivity contribution is -0.137. The topological polar surface area (TPSA) is 76.4 Å². The van der Waals surface area contributed by atoms with Gasteiger partial charge in [0, 0.05) is 25.3 Å². The van der Waals surface area contributed by atoms with Gasteiger partial charge in [-0.3, -0.25) is 4.79 Å². The van der Waals surface area contributed by atoms with E-state index in [-0.39, 0.29) is 18.9 Å². The molecule has 1 atom stereocenters. The van der Waals surface area contributed by atoms with Crippen molar-refractivity contribution in [2.75, 3.05) is 20.7 Å². The van der Waals surface area contributed by atoms with Gasteiger partial charge < -0.3 is 21.1 Å². The van der Waals surface area contributed by atoms with Crippen LogP contribution < -0.4 is 21.1 Å². The van der Waals surface area contributed by atoms with Gasteiger partial charge in [-0.15, -0.1) is 0 Å². The fourth-order valence-electron chi connectivity index (χ4n) is 2.59. The van der Waals surface area contributed by atoms with Gasteiger partial charge in [-0.25, -0.2) is 0 Å². The monoisotopic (exact) mass is 413 g/mol. The summed E-state index contributed by atoms with van der Waals surface area (Å²) in [5, 5.41) is 6.20. The second kappa shape index (κ2) is 9.11. The van der Waals surface area contributed by atoms with Gasteiger partial charge in [0.1, 0.15) is 0 Å². The number of hydrogen-bond donors (Lipinski definition) is 3. The van der Waals surface area contributed by atoms with Crippen LogP contribution >= 0.6 is 11.3 Å². The number of nitrogens with two attached hydrogens (primary N) is 1. The van der Waals surface area contributed by atoms with E-state index in [1.807, 2.05) is 0 Å². The Hall–Kier alpha value is -2.52. The highest BCUT2D eigenvalue weighted by molar-refractivity contribution is 7.16. The molecule has 1 heterocycles. The molecule has 1 amide bonds. The van der Waals surface area contributed by atoms with Crippen molar-refractivity contribution in [2.24, 2.45) is 5.73 Å². The summed E-state index contributed by atoms with van der Waals surface area (Å²) in [4.78, 5) is 13.0. The zero-order valence-corrected chi connectivity index (χ0v) is 16.3. The van der Waals surface area contributed by atoms with Gasteiger partial charge in [-0.2, -0.15) is 13.2 Å². The highest BCUT2D eigenvalue weighted by atomic mass is 32.1. The van der Waals surface area contributed by atoms with E-state index in [4.69, 9.17) is 10.5 Å². The molecule has 5 nitrogen and oxygen atoms in total. The average Bonchev–Trinajstić information content (AvgIpc) is 3.11. The smallest absolute Gasteiger partial charge is 0.416 e. The van der Waals surface area contributed by atoms with Gasteiger partial charge in [-0.05, 0) is 24.1 Å². The van der Waals surface area contributed by atoms with Crippen molar-refractivity contribution in [3.8, 4) is 5.06 Å². The molecule has 0 spiro atoms. The van der Waals surface area contributed by atoms with Gasteiger partial charge in [-0.1, -0.05) is 36.1 Å². The van der Waals surface area contributed by atoms with Crippen molar-refractivity contribution in [1.82, 2.24) is 10.6 Å². The van der Waals surface area contributed by atoms with E-state index in [1.165, 1.54) is 13.2 Å². The van der Waals surface area contributed by atoms with Gasteiger partial charge >= 0.3 is 6.18 Å². The molecule has 28 heavy (non-hydrogen) atoms. The lowest BCUT2D eigenvalue weighted by Gasteiger charge is -2.17. The zero-order chi connectivity index (χ0) is 20.9. The summed E-state index contributed by atoms with van der Waals surface area (Å²) in [6.45, 7) is 3.94. The quantitative estimate of drug-likeness (QED) is 0.621. The van der Waals surface area contributed by atoms with Gasteiger partial charge in [0.2, 0.25) is 0 Å². The minimum atomic E-state index is -4.42. The molecule has 0 fully saturated rings. The van der Waals surface area contributed by atoms with Crippen LogP contribution in [0.3, 0.4) is 0 Å². The Morgan fingerprint density at radius 2 is 2.07 bits per heavy atom. The summed E-state index contributed by atoms with van der Waals surface area (Å²) in [6, 6.07) is 6.13. The number of carbonyl (C=O) groups is 1. The Kier molecular flexibility index (Phi) is 7.09. The largest absolute Gasteiger partial charge is 0.487 e. The SMILES string of the molecule is C=C(NC)c1cc(C(=O)N[C@H](CN)Cc2cccc(C(F)(F)F)c2)sc1OC. The number of benzene rings is 1. The molecule has 1 aromatic heterocycles. The number of alkyl halides is 3. The van der Waals surface area contributed by atoms with Crippen LogP contribution in [0.4, 0.5) is 13.2 Å². The van der Waals surface area contributed by atoms with E-state index in [0.29, 0.717) is 26.8 Å². The first-order chi connectivity index (χ1) is 13.2. The van der Waals surface area contributed by atoms with Crippen LogP contribution in [0.15, 0.2) is 36.9 Å². The molecule has 9 heteroatoms. The number of thiophene rings is 1. The number of amides is 1. The fraction of sp³-hybridized carbons (Fsp3) is 0.316. The van der Waals surface area contributed by atoms with Crippen molar-refractivity contribution in [3.05, 3.63) is 58.5 Å². The number of ether oxygens (including phenoxy) is 1. The minimum absolute atomic E-state index is 0.0839. The molecule has 0 unspecified atom stereocenters. The van der Waals surface area contributed by atoms with Crippen LogP contribution in [-0.2, 0) is 12.6 Å². The fourth-order valence-corrected chi connectivity index (χ4v) is 3.50. The molecule has 0 aliphatic heterocycles. The van der Waals surface area contributed by atoms with E-state index in [9.17, 15) is 18.0 Å². The van der Waals surface area contributed by atoms with Crippen LogP contribution in [0.5, 0.6) is 5.06 Å². The lowest BCUT2D eigenvalue weighted by Crippen LogP contribution is -2.41. The molecule has 0 aliphatic carbocycles. The molecule has 0 saturated heterocycles. The molecule has 0 bridgehead atoms. The van der Waals surface area contributed by atoms with Crippen LogP contribution in [0.1, 0.15) is 26.4 Å². The van der Waals surface area contributed by atoms with Crippen LogP contribution in [0.2, 0.25) is 0 Å². The molecular formula is C19H22F3N3O2S. The number of hydrogen-bond acceptors (Lipinski definition) is 5. The lowest BCUT2D eigenvalue weighted by atomic mass is 10.0. The summed E-state index contributed by atoms with van der Waals surface area (Å²) in [7, 11) is 3.20. The maximum atomic E-state index is 12.9. The molecule has 4 N–H and O–H groups in total. The summed E-state index contributed by atoms with van der Waals surface area (Å²) in [5.41, 5.74) is 6.70. The highest BCUT2D eigenvalue weighted by Gasteiger charge is 2.30. The zero-order valence-electron chi connectivity index (χ0n) is 15.5. The van der Waals surface area contributed by atoms with E-state index in [2.05, 4.69) is 17.2 Å². The Morgan fingerprint density at radius 1 is 1.36 bits per heavy atom. The van der Waals surface area contributed by atoms with Gasteiger partial charge in [0.15, 0.2) is 5.06 Å². The predicted molar refractivity (Wildman–Crippen MR) is 104 cm³/mol. The standard InChI is InChI=1S/C19H22F3N3O2S/c1-11(24-2)15-9-16(28-18(15)27-3)17(26)25-14(10-23)8-12-5-4-6-13(7-12)19(20,21)22/h4-7,9,14,24H,1,8,10,23H2,2-3H3,(H,25,26)/t14-/m0/s1. The molecule has 0 aliphatic rings. The van der Waals surface area contributed by atoms with E-state index in [0.717, 1.165) is 23.5 Å². The van der Waals surface area contributed by atoms with E-state index >= 15 is 0 Å². The Bertz CT molecular complexity index is 849. The van der Waals surface area contributed by atoms with Crippen molar-refractivity contribution in [1.29, 1.82) is 0 Å². The highest BCUT2D eigenvalue weighted by Crippen LogP contribution is 2.34. The van der Waals surface area contributed by atoms with Gasteiger partial charge in [0.05, 0.1) is 23.1 Å². The van der Waals surface area contributed by atoms with E-state index in [1.54, 1.807) is 19.2 Å². The summed E-state index contributed by atoms with van der Waals surface area (Å²) in [6.07, 6.45) is -4.23. The number of nitrogens with one attached hydrogen (secondary N) is 2. The molecule has 2 rings (SSSR count). The molecule has 0 radical (unpaired) electrons. The van der Waals surface area contributed by atoms with Crippen LogP contribution in [-0.4, -0.2) is 32.7 Å². The maximum absolute atomic E-state index is 12.9. The Balaban J connectivity index is 2.14. The number of carbonyl (C=O) groups excluding carboxylic acids is 1. The van der Waals surface area contributed by atoms with Gasteiger partial charge in [0.25, 0.3) is 5.91 Å².